The van der Waals surface area contributed by atoms with Crippen molar-refractivity contribution in [2.75, 3.05) is 6.54 Å². The average Bonchev–Trinajstić information content (AvgIpc) is 2.34. The maximum atomic E-state index is 11.9. The van der Waals surface area contributed by atoms with E-state index in [1.165, 1.54) is 13.8 Å². The Labute approximate surface area is 114 Å². The fourth-order valence-corrected chi connectivity index (χ4v) is 1.64. The summed E-state index contributed by atoms with van der Waals surface area (Å²) < 4.78 is 0. The van der Waals surface area contributed by atoms with Crippen molar-refractivity contribution >= 4 is 12.2 Å². The summed E-state index contributed by atoms with van der Waals surface area (Å²) >= 11 is 0. The van der Waals surface area contributed by atoms with E-state index in [1.807, 2.05) is 0 Å². The minimum Gasteiger partial charge on any atom is -0.391 e. The van der Waals surface area contributed by atoms with Crippen LogP contribution in [-0.4, -0.2) is 53.2 Å². The van der Waals surface area contributed by atoms with Crippen molar-refractivity contribution in [2.24, 2.45) is 0 Å². The first-order valence-electron chi connectivity index (χ1n) is 6.79. The van der Waals surface area contributed by atoms with E-state index in [4.69, 9.17) is 0 Å². The summed E-state index contributed by atoms with van der Waals surface area (Å²) in [4.78, 5) is 22.6. The normalized spacial score (nSPS) is 17.3. The van der Waals surface area contributed by atoms with Gasteiger partial charge in [-0.25, -0.2) is 0 Å². The van der Waals surface area contributed by atoms with E-state index in [0.29, 0.717) is 12.8 Å². The summed E-state index contributed by atoms with van der Waals surface area (Å²) in [6.07, 6.45) is 1.69. The third-order valence-corrected chi connectivity index (χ3v) is 2.88. The van der Waals surface area contributed by atoms with Crippen LogP contribution in [0.3, 0.4) is 0 Å². The predicted molar refractivity (Wildman–Crippen MR) is 72.7 cm³/mol. The number of hydrogen-bond acceptors (Lipinski definition) is 5. The molecule has 0 heterocycles. The van der Waals surface area contributed by atoms with Crippen LogP contribution < -0.4 is 10.6 Å². The monoisotopic (exact) mass is 274 g/mol. The van der Waals surface area contributed by atoms with E-state index in [1.54, 1.807) is 0 Å². The van der Waals surface area contributed by atoms with Gasteiger partial charge in [-0.1, -0.05) is 19.8 Å². The van der Waals surface area contributed by atoms with Gasteiger partial charge in [0.1, 0.15) is 18.4 Å². The summed E-state index contributed by atoms with van der Waals surface area (Å²) in [5.74, 6) is -0.482. The van der Waals surface area contributed by atoms with Crippen LogP contribution in [0.1, 0.15) is 40.0 Å². The molecule has 0 aromatic rings. The molecule has 4 atom stereocenters. The molecule has 0 rings (SSSR count). The van der Waals surface area contributed by atoms with Gasteiger partial charge in [0, 0.05) is 0 Å². The molecule has 0 aromatic carbocycles. The Morgan fingerprint density at radius 1 is 1.21 bits per heavy atom. The Balaban J connectivity index is 4.36. The third-order valence-electron chi connectivity index (χ3n) is 2.88. The van der Waals surface area contributed by atoms with E-state index in [9.17, 15) is 19.8 Å². The molecule has 0 fully saturated rings. The summed E-state index contributed by atoms with van der Waals surface area (Å²) in [6, 6.07) is -1.73. The number of aliphatic hydroxyl groups excluding tert-OH is 2. The smallest absolute Gasteiger partial charge is 0.240 e. The zero-order valence-corrected chi connectivity index (χ0v) is 11.9. The lowest BCUT2D eigenvalue weighted by Gasteiger charge is -2.23. The van der Waals surface area contributed by atoms with Crippen LogP contribution in [0.2, 0.25) is 0 Å². The lowest BCUT2D eigenvalue weighted by molar-refractivity contribution is -0.129. The molecule has 4 unspecified atom stereocenters. The molecular formula is C13H26N2O4. The van der Waals surface area contributed by atoms with Gasteiger partial charge in [-0.3, -0.25) is 4.79 Å². The van der Waals surface area contributed by atoms with Gasteiger partial charge in [0.05, 0.1) is 12.2 Å². The quantitative estimate of drug-likeness (QED) is 0.320. The van der Waals surface area contributed by atoms with Crippen LogP contribution in [0.5, 0.6) is 0 Å². The second-order valence-electron chi connectivity index (χ2n) is 4.79. The van der Waals surface area contributed by atoms with Gasteiger partial charge in [0.2, 0.25) is 5.91 Å². The van der Waals surface area contributed by atoms with Crippen molar-refractivity contribution in [1.82, 2.24) is 10.6 Å². The van der Waals surface area contributed by atoms with Gasteiger partial charge in [-0.05, 0) is 26.8 Å². The Morgan fingerprint density at radius 2 is 1.84 bits per heavy atom. The maximum Gasteiger partial charge on any atom is 0.240 e. The van der Waals surface area contributed by atoms with E-state index >= 15 is 0 Å². The van der Waals surface area contributed by atoms with Crippen molar-refractivity contribution in [3.8, 4) is 0 Å². The lowest BCUT2D eigenvalue weighted by atomic mass is 10.1. The first-order chi connectivity index (χ1) is 8.93. The van der Waals surface area contributed by atoms with Crippen LogP contribution in [0.15, 0.2) is 0 Å². The molecule has 0 aromatic heterocycles. The first kappa shape index (κ1) is 18.0. The second kappa shape index (κ2) is 9.89. The van der Waals surface area contributed by atoms with Crippen LogP contribution in [0, 0.1) is 0 Å². The number of aliphatic hydroxyl groups is 2. The highest BCUT2D eigenvalue weighted by Gasteiger charge is 2.26. The Kier molecular flexibility index (Phi) is 9.38. The molecule has 0 aliphatic rings. The molecule has 0 spiro atoms. The molecule has 6 heteroatoms. The molecular weight excluding hydrogens is 248 g/mol. The van der Waals surface area contributed by atoms with Crippen molar-refractivity contribution in [1.29, 1.82) is 0 Å². The fraction of sp³-hybridized carbons (Fsp3) is 0.846. The van der Waals surface area contributed by atoms with E-state index < -0.39 is 30.2 Å². The van der Waals surface area contributed by atoms with Crippen molar-refractivity contribution in [2.45, 2.75) is 64.3 Å². The summed E-state index contributed by atoms with van der Waals surface area (Å²) in [5.41, 5.74) is 0. The molecule has 112 valence electrons. The third kappa shape index (κ3) is 7.25. The van der Waals surface area contributed by atoms with Crippen LogP contribution in [0.4, 0.5) is 0 Å². The highest BCUT2D eigenvalue weighted by Crippen LogP contribution is 1.98. The van der Waals surface area contributed by atoms with Gasteiger partial charge in [0.25, 0.3) is 0 Å². The number of carbonyl (C=O) groups excluding carboxylic acids is 2. The molecule has 0 bridgehead atoms. The number of nitrogens with one attached hydrogen (secondary N) is 2. The van der Waals surface area contributed by atoms with Crippen molar-refractivity contribution in [3.05, 3.63) is 0 Å². The van der Waals surface area contributed by atoms with Crippen LogP contribution in [0.25, 0.3) is 0 Å². The first-order valence-corrected chi connectivity index (χ1v) is 6.79. The van der Waals surface area contributed by atoms with E-state index in [0.717, 1.165) is 19.3 Å². The summed E-state index contributed by atoms with van der Waals surface area (Å²) in [5, 5.41) is 24.3. The van der Waals surface area contributed by atoms with Gasteiger partial charge >= 0.3 is 0 Å². The van der Waals surface area contributed by atoms with Gasteiger partial charge in [-0.2, -0.15) is 0 Å². The lowest BCUT2D eigenvalue weighted by Crippen LogP contribution is -2.55. The number of unbranched alkanes of at least 4 members (excludes halogenated alkanes) is 2. The highest BCUT2D eigenvalue weighted by atomic mass is 16.3. The largest absolute Gasteiger partial charge is 0.391 e. The Bertz CT molecular complexity index is 269. The van der Waals surface area contributed by atoms with Crippen LogP contribution in [-0.2, 0) is 9.59 Å². The minimum absolute atomic E-state index is 0.482. The van der Waals surface area contributed by atoms with Gasteiger partial charge < -0.3 is 25.6 Å². The van der Waals surface area contributed by atoms with Crippen molar-refractivity contribution in [3.63, 3.8) is 0 Å². The predicted octanol–water partition coefficient (Wildman–Crippen LogP) is -0.420. The molecule has 4 N–H and O–H groups in total. The van der Waals surface area contributed by atoms with E-state index in [-0.39, 0.29) is 0 Å². The Morgan fingerprint density at radius 3 is 2.26 bits per heavy atom. The highest BCUT2D eigenvalue weighted by molar-refractivity contribution is 5.85. The standard InChI is InChI=1S/C13H26N2O4/c1-4-5-6-7-14-12(10(3)18)13(19)15-11(8-16)9(2)17/h8-12,14,17-18H,4-7H2,1-3H3,(H,15,19). The summed E-state index contributed by atoms with van der Waals surface area (Å²) in [7, 11) is 0. The van der Waals surface area contributed by atoms with E-state index in [2.05, 4.69) is 17.6 Å². The molecule has 0 saturated carbocycles. The molecule has 0 aliphatic carbocycles. The fourth-order valence-electron chi connectivity index (χ4n) is 1.64. The Hall–Kier alpha value is -0.980. The van der Waals surface area contributed by atoms with Crippen LogP contribution >= 0.6 is 0 Å². The number of hydrogen-bond donors (Lipinski definition) is 4. The van der Waals surface area contributed by atoms with Gasteiger partial charge in [0.15, 0.2) is 0 Å². The number of rotatable bonds is 10. The molecule has 1 amide bonds. The number of amides is 1. The molecule has 6 nitrogen and oxygen atoms in total. The second-order valence-corrected chi connectivity index (χ2v) is 4.79. The minimum atomic E-state index is -0.962. The van der Waals surface area contributed by atoms with Crippen molar-refractivity contribution < 1.29 is 19.8 Å². The molecule has 0 radical (unpaired) electrons. The molecule has 19 heavy (non-hydrogen) atoms. The molecule has 0 aliphatic heterocycles. The zero-order chi connectivity index (χ0) is 14.8. The maximum absolute atomic E-state index is 11.9. The average molecular weight is 274 g/mol. The topological polar surface area (TPSA) is 98.7 Å². The molecule has 0 saturated heterocycles. The number of carbonyl (C=O) groups is 2. The zero-order valence-electron chi connectivity index (χ0n) is 11.9. The SMILES string of the molecule is CCCCCNC(C(=O)NC(C=O)C(C)O)C(C)O. The number of aldehydes is 1. The summed E-state index contributed by atoms with van der Waals surface area (Å²) in [6.45, 7) is 5.63. The van der Waals surface area contributed by atoms with Gasteiger partial charge in [-0.15, -0.1) is 0 Å².